The summed E-state index contributed by atoms with van der Waals surface area (Å²) in [6, 6.07) is 3.31. The molecule has 2 N–H and O–H groups in total. The minimum Gasteiger partial charge on any atom is -0.493 e. The van der Waals surface area contributed by atoms with E-state index in [4.69, 9.17) is 19.3 Å². The van der Waals surface area contributed by atoms with Gasteiger partial charge in [0, 0.05) is 13.2 Å². The zero-order chi connectivity index (χ0) is 15.7. The van der Waals surface area contributed by atoms with Crippen LogP contribution in [0.1, 0.15) is 29.6 Å². The molecule has 21 heavy (non-hydrogen) atoms. The molecule has 118 valence electrons. The second-order valence-corrected chi connectivity index (χ2v) is 4.42. The fourth-order valence-corrected chi connectivity index (χ4v) is 1.99. The van der Waals surface area contributed by atoms with Gasteiger partial charge in [-0.25, -0.2) is 0 Å². The van der Waals surface area contributed by atoms with E-state index in [-0.39, 0.29) is 12.5 Å². The van der Waals surface area contributed by atoms with Crippen molar-refractivity contribution in [2.24, 2.45) is 0 Å². The topological polar surface area (TPSA) is 77.0 Å². The van der Waals surface area contributed by atoms with Crippen LogP contribution < -0.4 is 19.5 Å². The van der Waals surface area contributed by atoms with Crippen molar-refractivity contribution < 1.29 is 24.1 Å². The van der Waals surface area contributed by atoms with Crippen molar-refractivity contribution in [2.75, 3.05) is 34.5 Å². The summed E-state index contributed by atoms with van der Waals surface area (Å²) in [7, 11) is 4.50. The van der Waals surface area contributed by atoms with E-state index >= 15 is 0 Å². The van der Waals surface area contributed by atoms with Crippen LogP contribution in [0.25, 0.3) is 0 Å². The Bertz CT molecular complexity index is 462. The van der Waals surface area contributed by atoms with Crippen LogP contribution in [0.3, 0.4) is 0 Å². The lowest BCUT2D eigenvalue weighted by Gasteiger charge is -2.15. The Kier molecular flexibility index (Phi) is 7.39. The first kappa shape index (κ1) is 17.1. The second-order valence-electron chi connectivity index (χ2n) is 4.42. The van der Waals surface area contributed by atoms with Crippen molar-refractivity contribution in [3.8, 4) is 17.2 Å². The van der Waals surface area contributed by atoms with E-state index in [1.165, 1.54) is 21.3 Å². The Hall–Kier alpha value is -1.95. The molecule has 0 fully saturated rings. The van der Waals surface area contributed by atoms with E-state index in [1.54, 1.807) is 12.1 Å². The molecule has 1 rings (SSSR count). The molecule has 0 heterocycles. The Morgan fingerprint density at radius 2 is 1.76 bits per heavy atom. The maximum absolute atomic E-state index is 12.2. The summed E-state index contributed by atoms with van der Waals surface area (Å²) in [6.07, 6.45) is 2.44. The van der Waals surface area contributed by atoms with Crippen molar-refractivity contribution >= 4 is 5.91 Å². The van der Waals surface area contributed by atoms with E-state index in [2.05, 4.69) is 5.32 Å². The number of amides is 1. The highest BCUT2D eigenvalue weighted by Crippen LogP contribution is 2.39. The lowest BCUT2D eigenvalue weighted by Crippen LogP contribution is -2.25. The fourth-order valence-electron chi connectivity index (χ4n) is 1.99. The third kappa shape index (κ3) is 4.53. The first-order chi connectivity index (χ1) is 10.2. The highest BCUT2D eigenvalue weighted by Gasteiger charge is 2.20. The number of ether oxygens (including phenoxy) is 3. The smallest absolute Gasteiger partial charge is 0.255 e. The van der Waals surface area contributed by atoms with Gasteiger partial charge in [0.15, 0.2) is 11.5 Å². The van der Waals surface area contributed by atoms with E-state index in [1.807, 2.05) is 0 Å². The number of carbonyl (C=O) groups is 1. The predicted octanol–water partition coefficient (Wildman–Crippen LogP) is 1.60. The van der Waals surface area contributed by atoms with Gasteiger partial charge in [0.2, 0.25) is 5.75 Å². The maximum Gasteiger partial charge on any atom is 0.255 e. The highest BCUT2D eigenvalue weighted by atomic mass is 16.5. The molecule has 6 heteroatoms. The highest BCUT2D eigenvalue weighted by molar-refractivity contribution is 5.98. The van der Waals surface area contributed by atoms with Crippen LogP contribution in [0.4, 0.5) is 0 Å². The van der Waals surface area contributed by atoms with Crippen LogP contribution in [0.2, 0.25) is 0 Å². The van der Waals surface area contributed by atoms with E-state index in [0.717, 1.165) is 19.3 Å². The molecule has 0 atom stereocenters. The molecule has 1 aromatic carbocycles. The number of unbranched alkanes of at least 4 members (excludes halogenated alkanes) is 2. The van der Waals surface area contributed by atoms with Crippen LogP contribution in [-0.4, -0.2) is 45.5 Å². The summed E-state index contributed by atoms with van der Waals surface area (Å²) in [5, 5.41) is 11.5. The zero-order valence-electron chi connectivity index (χ0n) is 12.8. The van der Waals surface area contributed by atoms with Crippen LogP contribution in [0, 0.1) is 0 Å². The van der Waals surface area contributed by atoms with Gasteiger partial charge in [0.25, 0.3) is 5.91 Å². The molecule has 0 aliphatic heterocycles. The van der Waals surface area contributed by atoms with Gasteiger partial charge in [-0.15, -0.1) is 0 Å². The lowest BCUT2D eigenvalue weighted by molar-refractivity contribution is 0.0949. The van der Waals surface area contributed by atoms with E-state index < -0.39 is 0 Å². The van der Waals surface area contributed by atoms with E-state index in [0.29, 0.717) is 29.4 Å². The van der Waals surface area contributed by atoms with Crippen molar-refractivity contribution in [1.82, 2.24) is 5.32 Å². The van der Waals surface area contributed by atoms with Crippen molar-refractivity contribution in [3.05, 3.63) is 17.7 Å². The van der Waals surface area contributed by atoms with Crippen molar-refractivity contribution in [2.45, 2.75) is 19.3 Å². The summed E-state index contributed by atoms with van der Waals surface area (Å²) in [5.41, 5.74) is 0.400. The SMILES string of the molecule is COc1ccc(C(=O)NCCCCCO)c(OC)c1OC. The average molecular weight is 297 g/mol. The molecule has 0 aliphatic carbocycles. The van der Waals surface area contributed by atoms with Gasteiger partial charge in [-0.2, -0.15) is 0 Å². The molecule has 0 aliphatic rings. The van der Waals surface area contributed by atoms with Crippen LogP contribution >= 0.6 is 0 Å². The standard InChI is InChI=1S/C15H23NO5/c1-19-12-8-7-11(13(20-2)14(12)21-3)15(18)16-9-5-4-6-10-17/h7-8,17H,4-6,9-10H2,1-3H3,(H,16,18). The van der Waals surface area contributed by atoms with Crippen LogP contribution in [0.15, 0.2) is 12.1 Å². The molecule has 1 amide bonds. The summed E-state index contributed by atoms with van der Waals surface area (Å²) in [5.74, 6) is 1.03. The molecule has 0 saturated heterocycles. The number of aliphatic hydroxyl groups is 1. The number of carbonyl (C=O) groups excluding carboxylic acids is 1. The van der Waals surface area contributed by atoms with Crippen molar-refractivity contribution in [3.63, 3.8) is 0 Å². The Balaban J connectivity index is 2.79. The first-order valence-corrected chi connectivity index (χ1v) is 6.87. The second kappa shape index (κ2) is 9.07. The maximum atomic E-state index is 12.2. The number of hydrogen-bond acceptors (Lipinski definition) is 5. The van der Waals surface area contributed by atoms with Gasteiger partial charge in [0.05, 0.1) is 26.9 Å². The number of nitrogens with one attached hydrogen (secondary N) is 1. The first-order valence-electron chi connectivity index (χ1n) is 6.87. The monoisotopic (exact) mass is 297 g/mol. The largest absolute Gasteiger partial charge is 0.493 e. The summed E-state index contributed by atoms with van der Waals surface area (Å²) in [4.78, 5) is 12.2. The predicted molar refractivity (Wildman–Crippen MR) is 79.4 cm³/mol. The number of hydrogen-bond donors (Lipinski definition) is 2. The fraction of sp³-hybridized carbons (Fsp3) is 0.533. The summed E-state index contributed by atoms with van der Waals surface area (Å²) in [6.45, 7) is 0.730. The average Bonchev–Trinajstić information content (AvgIpc) is 2.52. The minimum atomic E-state index is -0.225. The Morgan fingerprint density at radius 1 is 1.05 bits per heavy atom. The van der Waals surface area contributed by atoms with Gasteiger partial charge in [0.1, 0.15) is 0 Å². The molecule has 0 unspecified atom stereocenters. The Morgan fingerprint density at radius 3 is 2.33 bits per heavy atom. The molecule has 0 radical (unpaired) electrons. The van der Waals surface area contributed by atoms with Gasteiger partial charge >= 0.3 is 0 Å². The third-order valence-electron chi connectivity index (χ3n) is 3.07. The van der Waals surface area contributed by atoms with Gasteiger partial charge in [-0.1, -0.05) is 0 Å². The third-order valence-corrected chi connectivity index (χ3v) is 3.07. The Labute approximate surface area is 125 Å². The molecule has 0 aromatic heterocycles. The molecular formula is C15H23NO5. The summed E-state index contributed by atoms with van der Waals surface area (Å²) >= 11 is 0. The molecule has 6 nitrogen and oxygen atoms in total. The molecule has 0 saturated carbocycles. The van der Waals surface area contributed by atoms with Crippen LogP contribution in [-0.2, 0) is 0 Å². The van der Waals surface area contributed by atoms with Gasteiger partial charge in [-0.05, 0) is 31.4 Å². The van der Waals surface area contributed by atoms with Gasteiger partial charge < -0.3 is 24.6 Å². The minimum absolute atomic E-state index is 0.178. The van der Waals surface area contributed by atoms with E-state index in [9.17, 15) is 4.79 Å². The zero-order valence-corrected chi connectivity index (χ0v) is 12.8. The van der Waals surface area contributed by atoms with Gasteiger partial charge in [-0.3, -0.25) is 4.79 Å². The van der Waals surface area contributed by atoms with Crippen molar-refractivity contribution in [1.29, 1.82) is 0 Å². The number of benzene rings is 1. The molecular weight excluding hydrogens is 274 g/mol. The molecule has 0 bridgehead atoms. The quantitative estimate of drug-likeness (QED) is 0.677. The number of methoxy groups -OCH3 is 3. The summed E-state index contributed by atoms with van der Waals surface area (Å²) < 4.78 is 15.7. The van der Waals surface area contributed by atoms with Crippen LogP contribution in [0.5, 0.6) is 17.2 Å². The lowest BCUT2D eigenvalue weighted by atomic mass is 10.1. The number of aliphatic hydroxyl groups excluding tert-OH is 1. The molecule has 0 spiro atoms. The normalized spacial score (nSPS) is 10.1. The number of rotatable bonds is 9. The molecule has 1 aromatic rings.